The molecule has 44 heavy (non-hydrogen) atoms. The zero-order valence-electron chi connectivity index (χ0n) is 27.5. The SMILES string of the molecule is CCC[C@@H](NC(=O)N1C(=O)C(CC)(CC)[C@@H]1OCC(=O)N(CC)CCN(CC)COCc1ccccc1)c1ccc(C)cc1. The molecule has 2 aromatic carbocycles. The summed E-state index contributed by atoms with van der Waals surface area (Å²) >= 11 is 0. The molecule has 1 aliphatic rings. The van der Waals surface area contributed by atoms with Crippen molar-refractivity contribution in [2.24, 2.45) is 5.41 Å². The van der Waals surface area contributed by atoms with Crippen molar-refractivity contribution in [2.45, 2.75) is 86.1 Å². The van der Waals surface area contributed by atoms with Crippen molar-refractivity contribution >= 4 is 17.8 Å². The van der Waals surface area contributed by atoms with Crippen molar-refractivity contribution in [1.29, 1.82) is 0 Å². The number of urea groups is 1. The van der Waals surface area contributed by atoms with Crippen LogP contribution in [0.1, 0.15) is 83.0 Å². The van der Waals surface area contributed by atoms with Gasteiger partial charge in [0.05, 0.1) is 24.8 Å². The van der Waals surface area contributed by atoms with Crippen molar-refractivity contribution in [3.63, 3.8) is 0 Å². The highest BCUT2D eigenvalue weighted by atomic mass is 16.5. The summed E-state index contributed by atoms with van der Waals surface area (Å²) in [6.07, 6.45) is 1.86. The Balaban J connectivity index is 1.59. The van der Waals surface area contributed by atoms with Crippen molar-refractivity contribution in [3.8, 4) is 0 Å². The molecule has 0 aliphatic carbocycles. The molecular formula is C35H52N4O5. The predicted molar refractivity (Wildman–Crippen MR) is 173 cm³/mol. The van der Waals surface area contributed by atoms with E-state index >= 15 is 0 Å². The van der Waals surface area contributed by atoms with Gasteiger partial charge in [-0.2, -0.15) is 0 Å². The van der Waals surface area contributed by atoms with Crippen LogP contribution >= 0.6 is 0 Å². The van der Waals surface area contributed by atoms with Gasteiger partial charge in [0.1, 0.15) is 6.61 Å². The van der Waals surface area contributed by atoms with Gasteiger partial charge in [-0.15, -0.1) is 0 Å². The van der Waals surface area contributed by atoms with E-state index in [2.05, 4.69) is 24.1 Å². The molecule has 0 unspecified atom stereocenters. The summed E-state index contributed by atoms with van der Waals surface area (Å²) in [5.74, 6) is -0.420. The molecule has 242 valence electrons. The Hall–Kier alpha value is -3.27. The van der Waals surface area contributed by atoms with Gasteiger partial charge in [0, 0.05) is 19.6 Å². The number of ether oxygens (including phenoxy) is 2. The smallest absolute Gasteiger partial charge is 0.326 e. The van der Waals surface area contributed by atoms with Crippen LogP contribution in [0.25, 0.3) is 0 Å². The Morgan fingerprint density at radius 3 is 2.23 bits per heavy atom. The summed E-state index contributed by atoms with van der Waals surface area (Å²) < 4.78 is 12.0. The number of benzene rings is 2. The molecule has 9 nitrogen and oxygen atoms in total. The fourth-order valence-electron chi connectivity index (χ4n) is 5.74. The van der Waals surface area contributed by atoms with Gasteiger partial charge in [0.2, 0.25) is 11.8 Å². The molecule has 9 heteroatoms. The first-order valence-corrected chi connectivity index (χ1v) is 16.2. The van der Waals surface area contributed by atoms with E-state index in [1.54, 1.807) is 4.90 Å². The predicted octanol–water partition coefficient (Wildman–Crippen LogP) is 5.88. The van der Waals surface area contributed by atoms with Crippen LogP contribution in [0.5, 0.6) is 0 Å². The number of nitrogens with zero attached hydrogens (tertiary/aromatic N) is 3. The summed E-state index contributed by atoms with van der Waals surface area (Å²) in [5, 5.41) is 3.06. The summed E-state index contributed by atoms with van der Waals surface area (Å²) in [7, 11) is 0. The summed E-state index contributed by atoms with van der Waals surface area (Å²) in [6.45, 7) is 15.3. The molecule has 0 spiro atoms. The Morgan fingerprint density at radius 1 is 0.955 bits per heavy atom. The standard InChI is InChI=1S/C35H52N4O5/c1-7-15-30(29-20-18-27(6)19-21-29)36-34(42)39-32(41)35(8-2,9-3)33(39)44-25-31(40)38(11-5)23-22-37(10-4)26-43-24-28-16-13-12-14-17-28/h12-14,16-21,30,33H,7-11,15,22-26H2,1-6H3,(H,36,42)/t30-,33+/m1/s1. The minimum atomic E-state index is -0.826. The van der Waals surface area contributed by atoms with Crippen molar-refractivity contribution in [2.75, 3.05) is 39.5 Å². The Bertz CT molecular complexity index is 1190. The number of hydrogen-bond donors (Lipinski definition) is 1. The highest BCUT2D eigenvalue weighted by molar-refractivity contribution is 6.03. The highest BCUT2D eigenvalue weighted by Gasteiger charge is 2.62. The molecule has 0 aromatic heterocycles. The first-order chi connectivity index (χ1) is 21.2. The topological polar surface area (TPSA) is 91.4 Å². The number of β-lactam (4-membered cyclic amide) rings is 1. The normalized spacial score (nSPS) is 16.5. The Kier molecular flexibility index (Phi) is 13.8. The second-order valence-corrected chi connectivity index (χ2v) is 11.6. The van der Waals surface area contributed by atoms with Crippen LogP contribution in [-0.2, 0) is 25.7 Å². The number of imide groups is 1. The van der Waals surface area contributed by atoms with Gasteiger partial charge in [-0.1, -0.05) is 94.3 Å². The van der Waals surface area contributed by atoms with Crippen LogP contribution in [0.2, 0.25) is 0 Å². The van der Waals surface area contributed by atoms with Gasteiger partial charge in [-0.05, 0) is 50.8 Å². The fourth-order valence-corrected chi connectivity index (χ4v) is 5.74. The number of rotatable bonds is 18. The average Bonchev–Trinajstić information content (AvgIpc) is 3.03. The van der Waals surface area contributed by atoms with Crippen LogP contribution in [0.4, 0.5) is 4.79 Å². The highest BCUT2D eigenvalue weighted by Crippen LogP contribution is 2.46. The molecule has 2 aromatic rings. The third kappa shape index (κ3) is 8.67. The number of hydrogen-bond acceptors (Lipinski definition) is 6. The monoisotopic (exact) mass is 608 g/mol. The minimum Gasteiger partial charge on any atom is -0.361 e. The van der Waals surface area contributed by atoms with Gasteiger partial charge in [-0.25, -0.2) is 9.69 Å². The quantitative estimate of drug-likeness (QED) is 0.168. The van der Waals surface area contributed by atoms with E-state index in [4.69, 9.17) is 9.47 Å². The lowest BCUT2D eigenvalue weighted by Crippen LogP contribution is -2.72. The first kappa shape index (κ1) is 35.2. The molecule has 0 saturated carbocycles. The zero-order chi connectivity index (χ0) is 32.1. The zero-order valence-corrected chi connectivity index (χ0v) is 27.5. The third-order valence-electron chi connectivity index (χ3n) is 8.81. The summed E-state index contributed by atoms with van der Waals surface area (Å²) in [6, 6.07) is 17.4. The largest absolute Gasteiger partial charge is 0.361 e. The van der Waals surface area contributed by atoms with E-state index in [1.165, 1.54) is 4.90 Å². The van der Waals surface area contributed by atoms with Crippen LogP contribution in [0, 0.1) is 12.3 Å². The number of carbonyl (C=O) groups is 3. The van der Waals surface area contributed by atoms with Crippen molar-refractivity contribution in [3.05, 3.63) is 71.3 Å². The minimum absolute atomic E-state index is 0.168. The van der Waals surface area contributed by atoms with E-state index in [1.807, 2.05) is 82.3 Å². The first-order valence-electron chi connectivity index (χ1n) is 16.2. The lowest BCUT2D eigenvalue weighted by molar-refractivity contribution is -0.212. The molecule has 3 rings (SSSR count). The van der Waals surface area contributed by atoms with Crippen molar-refractivity contribution in [1.82, 2.24) is 20.0 Å². The lowest BCUT2D eigenvalue weighted by Gasteiger charge is -2.53. The van der Waals surface area contributed by atoms with Crippen LogP contribution in [-0.4, -0.2) is 78.3 Å². The molecule has 1 saturated heterocycles. The van der Waals surface area contributed by atoms with Crippen LogP contribution < -0.4 is 5.32 Å². The molecule has 1 fully saturated rings. The third-order valence-corrected chi connectivity index (χ3v) is 8.81. The van der Waals surface area contributed by atoms with E-state index in [0.29, 0.717) is 45.8 Å². The maximum atomic E-state index is 13.5. The van der Waals surface area contributed by atoms with E-state index in [0.717, 1.165) is 36.1 Å². The van der Waals surface area contributed by atoms with Gasteiger partial charge >= 0.3 is 6.03 Å². The second-order valence-electron chi connectivity index (χ2n) is 11.6. The maximum absolute atomic E-state index is 13.5. The Labute approximate surface area is 263 Å². The van der Waals surface area contributed by atoms with E-state index in [-0.39, 0.29) is 24.5 Å². The van der Waals surface area contributed by atoms with Crippen LogP contribution in [0.15, 0.2) is 54.6 Å². The molecule has 4 amide bonds. The van der Waals surface area contributed by atoms with Gasteiger partial charge < -0.3 is 19.7 Å². The maximum Gasteiger partial charge on any atom is 0.326 e. The van der Waals surface area contributed by atoms with Gasteiger partial charge in [0.25, 0.3) is 0 Å². The fraction of sp³-hybridized carbons (Fsp3) is 0.571. The second kappa shape index (κ2) is 17.3. The number of amides is 4. The van der Waals surface area contributed by atoms with E-state index < -0.39 is 17.7 Å². The molecule has 0 bridgehead atoms. The van der Waals surface area contributed by atoms with Crippen LogP contribution in [0.3, 0.4) is 0 Å². The molecule has 0 radical (unpaired) electrons. The molecular weight excluding hydrogens is 556 g/mol. The number of likely N-dealkylation sites (N-methyl/N-ethyl adjacent to an activating group) is 2. The van der Waals surface area contributed by atoms with E-state index in [9.17, 15) is 14.4 Å². The Morgan fingerprint density at radius 2 is 1.64 bits per heavy atom. The number of nitrogens with one attached hydrogen (secondary N) is 1. The molecule has 2 atom stereocenters. The summed E-state index contributed by atoms with van der Waals surface area (Å²) in [4.78, 5) is 45.3. The van der Waals surface area contributed by atoms with Crippen molar-refractivity contribution < 1.29 is 23.9 Å². The molecule has 1 heterocycles. The number of aryl methyl sites for hydroxylation is 1. The van der Waals surface area contributed by atoms with Gasteiger partial charge in [0.15, 0.2) is 6.23 Å². The summed E-state index contributed by atoms with van der Waals surface area (Å²) in [5.41, 5.74) is 2.43. The molecule has 1 aliphatic heterocycles. The average molecular weight is 609 g/mol. The van der Waals surface area contributed by atoms with Gasteiger partial charge in [-0.3, -0.25) is 14.5 Å². The number of carbonyl (C=O) groups excluding carboxylic acids is 3. The number of likely N-dealkylation sites (tertiary alicyclic amines) is 1. The lowest BCUT2D eigenvalue weighted by atomic mass is 9.72. The molecule has 1 N–H and O–H groups in total.